The molecular formula is C18H18N2. The summed E-state index contributed by atoms with van der Waals surface area (Å²) in [4.78, 5) is 4.37. The first kappa shape index (κ1) is 12.7. The molecule has 2 aromatic rings. The van der Waals surface area contributed by atoms with Crippen LogP contribution in [0, 0.1) is 6.92 Å². The van der Waals surface area contributed by atoms with Gasteiger partial charge in [-0.05, 0) is 30.5 Å². The molecule has 2 nitrogen and oxygen atoms in total. The quantitative estimate of drug-likeness (QED) is 0.868. The average molecular weight is 262 g/mol. The normalized spacial score (nSPS) is 17.5. The molecule has 0 saturated heterocycles. The third-order valence-corrected chi connectivity index (χ3v) is 3.52. The van der Waals surface area contributed by atoms with Crippen molar-refractivity contribution in [1.29, 1.82) is 0 Å². The summed E-state index contributed by atoms with van der Waals surface area (Å²) in [6, 6.07) is 17.2. The second kappa shape index (κ2) is 5.33. The lowest BCUT2D eigenvalue weighted by Gasteiger charge is -2.14. The molecule has 1 unspecified atom stereocenters. The Labute approximate surface area is 119 Å². The van der Waals surface area contributed by atoms with Gasteiger partial charge in [0.25, 0.3) is 0 Å². The summed E-state index contributed by atoms with van der Waals surface area (Å²) in [5, 5.41) is 3.22. The number of aliphatic imine (C=N–C) groups is 1. The maximum atomic E-state index is 4.37. The van der Waals surface area contributed by atoms with Crippen molar-refractivity contribution in [3.8, 4) is 11.1 Å². The van der Waals surface area contributed by atoms with Crippen LogP contribution in [0.2, 0.25) is 0 Å². The number of benzene rings is 2. The van der Waals surface area contributed by atoms with E-state index in [4.69, 9.17) is 0 Å². The highest BCUT2D eigenvalue weighted by molar-refractivity contribution is 6.10. The summed E-state index contributed by atoms with van der Waals surface area (Å²) in [6.45, 7) is 4.14. The molecule has 0 bridgehead atoms. The number of allylic oxidation sites excluding steroid dienone is 1. The van der Waals surface area contributed by atoms with Crippen molar-refractivity contribution in [2.75, 3.05) is 0 Å². The molecule has 0 fully saturated rings. The van der Waals surface area contributed by atoms with Crippen molar-refractivity contribution < 1.29 is 0 Å². The van der Waals surface area contributed by atoms with E-state index >= 15 is 0 Å². The van der Waals surface area contributed by atoms with E-state index in [1.54, 1.807) is 0 Å². The molecule has 1 N–H and O–H groups in total. The van der Waals surface area contributed by atoms with Gasteiger partial charge in [-0.2, -0.15) is 0 Å². The lowest BCUT2D eigenvalue weighted by Crippen LogP contribution is -2.21. The van der Waals surface area contributed by atoms with Gasteiger partial charge in [-0.15, -0.1) is 0 Å². The number of nitrogens with one attached hydrogen (secondary N) is 1. The van der Waals surface area contributed by atoms with Crippen LogP contribution in [0.3, 0.4) is 0 Å². The lowest BCUT2D eigenvalue weighted by molar-refractivity contribution is 0.672. The van der Waals surface area contributed by atoms with Gasteiger partial charge in [0.05, 0.1) is 0 Å². The summed E-state index contributed by atoms with van der Waals surface area (Å²) < 4.78 is 0. The molecule has 1 atom stereocenters. The van der Waals surface area contributed by atoms with Crippen LogP contribution in [0.4, 0.5) is 0 Å². The number of hydrogen-bond donors (Lipinski definition) is 1. The number of aryl methyl sites for hydroxylation is 1. The third kappa shape index (κ3) is 2.64. The zero-order valence-electron chi connectivity index (χ0n) is 11.8. The van der Waals surface area contributed by atoms with Crippen LogP contribution in [-0.2, 0) is 0 Å². The molecular weight excluding hydrogens is 244 g/mol. The third-order valence-electron chi connectivity index (χ3n) is 3.52. The standard InChI is InChI=1S/C18H18N2/c1-13-3-5-15(6-4-13)16-7-9-17(10-8-16)18-11-19-14(2)20-12-18/h3-12,14,19H,1-2H3. The maximum absolute atomic E-state index is 4.37. The Hall–Kier alpha value is -2.35. The minimum Gasteiger partial charge on any atom is -0.369 e. The Morgan fingerprint density at radius 3 is 1.95 bits per heavy atom. The fraction of sp³-hybridized carbons (Fsp3) is 0.167. The lowest BCUT2D eigenvalue weighted by atomic mass is 10.00. The van der Waals surface area contributed by atoms with Crippen molar-refractivity contribution >= 4 is 11.8 Å². The van der Waals surface area contributed by atoms with Gasteiger partial charge in [0.1, 0.15) is 6.17 Å². The Kier molecular flexibility index (Phi) is 3.38. The van der Waals surface area contributed by atoms with E-state index in [1.807, 2.05) is 19.3 Å². The van der Waals surface area contributed by atoms with Crippen molar-refractivity contribution in [2.45, 2.75) is 20.0 Å². The second-order valence-corrected chi connectivity index (χ2v) is 5.16. The highest BCUT2D eigenvalue weighted by Crippen LogP contribution is 2.23. The van der Waals surface area contributed by atoms with Gasteiger partial charge in [-0.25, -0.2) is 0 Å². The minimum absolute atomic E-state index is 0.172. The highest BCUT2D eigenvalue weighted by Gasteiger charge is 2.06. The summed E-state index contributed by atoms with van der Waals surface area (Å²) in [5.41, 5.74) is 6.08. The molecule has 100 valence electrons. The molecule has 1 aliphatic heterocycles. The van der Waals surface area contributed by atoms with Gasteiger partial charge in [-0.1, -0.05) is 54.1 Å². The molecule has 1 heterocycles. The fourth-order valence-corrected chi connectivity index (χ4v) is 2.24. The van der Waals surface area contributed by atoms with Gasteiger partial charge in [0.15, 0.2) is 0 Å². The van der Waals surface area contributed by atoms with Gasteiger partial charge >= 0.3 is 0 Å². The van der Waals surface area contributed by atoms with Crippen LogP contribution in [0.1, 0.15) is 18.1 Å². The van der Waals surface area contributed by atoms with E-state index in [-0.39, 0.29) is 6.17 Å². The van der Waals surface area contributed by atoms with Crippen molar-refractivity contribution in [2.24, 2.45) is 4.99 Å². The molecule has 0 amide bonds. The SMILES string of the molecule is Cc1ccc(-c2ccc(C3=CNC(C)N=C3)cc2)cc1. The summed E-state index contributed by atoms with van der Waals surface area (Å²) in [5.74, 6) is 0. The second-order valence-electron chi connectivity index (χ2n) is 5.16. The molecule has 2 heteroatoms. The van der Waals surface area contributed by atoms with Gasteiger partial charge in [0.2, 0.25) is 0 Å². The van der Waals surface area contributed by atoms with E-state index < -0.39 is 0 Å². The highest BCUT2D eigenvalue weighted by atomic mass is 15.1. The minimum atomic E-state index is 0.172. The summed E-state index contributed by atoms with van der Waals surface area (Å²) in [7, 11) is 0. The van der Waals surface area contributed by atoms with Gasteiger partial charge in [-0.3, -0.25) is 4.99 Å². The first-order valence-electron chi connectivity index (χ1n) is 6.89. The van der Waals surface area contributed by atoms with Gasteiger partial charge in [0, 0.05) is 18.0 Å². The summed E-state index contributed by atoms with van der Waals surface area (Å²) in [6.07, 6.45) is 4.13. The molecule has 2 aromatic carbocycles. The number of hydrogen-bond acceptors (Lipinski definition) is 2. The maximum Gasteiger partial charge on any atom is 0.115 e. The summed E-state index contributed by atoms with van der Waals surface area (Å²) >= 11 is 0. The van der Waals surface area contributed by atoms with E-state index in [1.165, 1.54) is 22.3 Å². The number of rotatable bonds is 2. The van der Waals surface area contributed by atoms with Crippen LogP contribution in [0.15, 0.2) is 59.7 Å². The smallest absolute Gasteiger partial charge is 0.115 e. The zero-order valence-corrected chi connectivity index (χ0v) is 11.8. The van der Waals surface area contributed by atoms with Crippen molar-refractivity contribution in [3.05, 3.63) is 65.9 Å². The topological polar surface area (TPSA) is 24.4 Å². The van der Waals surface area contributed by atoms with E-state index in [0.717, 1.165) is 5.57 Å². The Balaban J connectivity index is 1.85. The van der Waals surface area contributed by atoms with Gasteiger partial charge < -0.3 is 5.32 Å². The molecule has 0 aromatic heterocycles. The van der Waals surface area contributed by atoms with Crippen LogP contribution in [0.5, 0.6) is 0 Å². The average Bonchev–Trinajstić information content (AvgIpc) is 2.49. The molecule has 20 heavy (non-hydrogen) atoms. The predicted molar refractivity (Wildman–Crippen MR) is 85.7 cm³/mol. The molecule has 0 radical (unpaired) electrons. The predicted octanol–water partition coefficient (Wildman–Crippen LogP) is 4.02. The van der Waals surface area contributed by atoms with E-state index in [0.29, 0.717) is 0 Å². The molecule has 1 aliphatic rings. The van der Waals surface area contributed by atoms with Crippen LogP contribution >= 0.6 is 0 Å². The van der Waals surface area contributed by atoms with Crippen molar-refractivity contribution in [3.63, 3.8) is 0 Å². The fourth-order valence-electron chi connectivity index (χ4n) is 2.24. The first-order chi connectivity index (χ1) is 9.72. The Bertz CT molecular complexity index is 649. The number of nitrogens with zero attached hydrogens (tertiary/aromatic N) is 1. The first-order valence-corrected chi connectivity index (χ1v) is 6.89. The van der Waals surface area contributed by atoms with Crippen LogP contribution in [0.25, 0.3) is 16.7 Å². The van der Waals surface area contributed by atoms with Crippen molar-refractivity contribution in [1.82, 2.24) is 5.32 Å². The van der Waals surface area contributed by atoms with E-state index in [9.17, 15) is 0 Å². The molecule has 0 spiro atoms. The largest absolute Gasteiger partial charge is 0.369 e. The van der Waals surface area contributed by atoms with E-state index in [2.05, 4.69) is 65.8 Å². The zero-order chi connectivity index (χ0) is 13.9. The Morgan fingerprint density at radius 1 is 0.850 bits per heavy atom. The van der Waals surface area contributed by atoms with Crippen LogP contribution in [-0.4, -0.2) is 12.4 Å². The van der Waals surface area contributed by atoms with Crippen LogP contribution < -0.4 is 5.32 Å². The monoisotopic (exact) mass is 262 g/mol. The molecule has 3 rings (SSSR count). The Morgan fingerprint density at radius 2 is 1.40 bits per heavy atom. The molecule has 0 aliphatic carbocycles. The molecule has 0 saturated carbocycles.